The Morgan fingerprint density at radius 2 is 1.92 bits per heavy atom. The lowest BCUT2D eigenvalue weighted by Gasteiger charge is -2.15. The summed E-state index contributed by atoms with van der Waals surface area (Å²) in [7, 11) is 0. The molecule has 0 aromatic heterocycles. The molecular weight excluding hydrogens is 336 g/mol. The van der Waals surface area contributed by atoms with Gasteiger partial charge in [0.25, 0.3) is 0 Å². The van der Waals surface area contributed by atoms with E-state index in [2.05, 4.69) is 30.4 Å². The van der Waals surface area contributed by atoms with Crippen molar-refractivity contribution in [1.29, 1.82) is 0 Å². The van der Waals surface area contributed by atoms with Gasteiger partial charge in [-0.2, -0.15) is 0 Å². The van der Waals surface area contributed by atoms with E-state index in [-0.39, 0.29) is 24.4 Å². The Labute approximate surface area is 156 Å². The maximum atomic E-state index is 11.7. The molecule has 4 nitrogen and oxygen atoms in total. The van der Waals surface area contributed by atoms with Crippen LogP contribution < -0.4 is 15.8 Å². The molecule has 1 unspecified atom stereocenters. The van der Waals surface area contributed by atoms with E-state index < -0.39 is 0 Å². The fourth-order valence-electron chi connectivity index (χ4n) is 2.48. The number of nitrogens with one attached hydrogen (secondary N) is 1. The molecule has 25 heavy (non-hydrogen) atoms. The molecule has 0 aliphatic rings. The molecule has 0 saturated heterocycles. The minimum atomic E-state index is -0.0268. The number of carbonyl (C=O) groups is 1. The Balaban J connectivity index is 0.00000312. The van der Waals surface area contributed by atoms with Crippen molar-refractivity contribution in [1.82, 2.24) is 5.32 Å². The van der Waals surface area contributed by atoms with E-state index in [4.69, 9.17) is 10.5 Å². The quantitative estimate of drug-likeness (QED) is 0.748. The first kappa shape index (κ1) is 21.0. The van der Waals surface area contributed by atoms with E-state index in [1.807, 2.05) is 37.3 Å². The Morgan fingerprint density at radius 3 is 2.56 bits per heavy atom. The first-order valence-electron chi connectivity index (χ1n) is 8.36. The topological polar surface area (TPSA) is 64.3 Å². The van der Waals surface area contributed by atoms with Crippen molar-refractivity contribution >= 4 is 18.3 Å². The Hall–Kier alpha value is -2.04. The van der Waals surface area contributed by atoms with Gasteiger partial charge in [-0.3, -0.25) is 4.79 Å². The largest absolute Gasteiger partial charge is 0.489 e. The van der Waals surface area contributed by atoms with Crippen LogP contribution in [0.5, 0.6) is 5.75 Å². The second kappa shape index (κ2) is 10.7. The van der Waals surface area contributed by atoms with Crippen LogP contribution in [0, 0.1) is 6.92 Å². The molecule has 1 amide bonds. The summed E-state index contributed by atoms with van der Waals surface area (Å²) in [5, 5.41) is 2.98. The molecule has 136 valence electrons. The number of nitrogens with two attached hydrogens (primary N) is 1. The molecule has 0 bridgehead atoms. The van der Waals surface area contributed by atoms with Crippen molar-refractivity contribution in [2.45, 2.75) is 39.3 Å². The molecule has 0 radical (unpaired) electrons. The van der Waals surface area contributed by atoms with Gasteiger partial charge in [0.05, 0.1) is 6.04 Å². The van der Waals surface area contributed by atoms with E-state index >= 15 is 0 Å². The van der Waals surface area contributed by atoms with Crippen LogP contribution in [-0.2, 0) is 11.4 Å². The Kier molecular flexibility index (Phi) is 9.03. The molecule has 2 aromatic rings. The number of hydrogen-bond acceptors (Lipinski definition) is 3. The lowest BCUT2D eigenvalue weighted by molar-refractivity contribution is -0.121. The van der Waals surface area contributed by atoms with Crippen LogP contribution in [0.1, 0.15) is 42.5 Å². The van der Waals surface area contributed by atoms with Crippen molar-refractivity contribution < 1.29 is 9.53 Å². The van der Waals surface area contributed by atoms with Gasteiger partial charge in [-0.25, -0.2) is 0 Å². The fourth-order valence-corrected chi connectivity index (χ4v) is 2.48. The predicted molar refractivity (Wildman–Crippen MR) is 104 cm³/mol. The number of rotatable bonds is 8. The molecule has 2 rings (SSSR count). The molecular formula is C20H27ClN2O2. The van der Waals surface area contributed by atoms with E-state index in [9.17, 15) is 4.79 Å². The molecule has 5 heteroatoms. The van der Waals surface area contributed by atoms with Gasteiger partial charge in [-0.05, 0) is 50.1 Å². The number of amides is 1. The predicted octanol–water partition coefficient (Wildman–Crippen LogP) is 3.91. The fraction of sp³-hybridized carbons (Fsp3) is 0.350. The number of ether oxygens (including phenoxy) is 1. The van der Waals surface area contributed by atoms with Gasteiger partial charge in [0.1, 0.15) is 12.4 Å². The highest BCUT2D eigenvalue weighted by Crippen LogP contribution is 2.19. The van der Waals surface area contributed by atoms with Crippen LogP contribution in [0.15, 0.2) is 48.5 Å². The molecule has 0 aliphatic heterocycles. The molecule has 0 heterocycles. The van der Waals surface area contributed by atoms with E-state index in [1.165, 1.54) is 5.56 Å². The number of aryl methyl sites for hydroxylation is 1. The summed E-state index contributed by atoms with van der Waals surface area (Å²) in [5.74, 6) is 0.856. The number of hydrogen-bond donors (Lipinski definition) is 2. The highest BCUT2D eigenvalue weighted by atomic mass is 35.5. The van der Waals surface area contributed by atoms with E-state index in [1.54, 1.807) is 0 Å². The van der Waals surface area contributed by atoms with Crippen molar-refractivity contribution in [3.63, 3.8) is 0 Å². The van der Waals surface area contributed by atoms with E-state index in [0.29, 0.717) is 26.0 Å². The van der Waals surface area contributed by atoms with Crippen LogP contribution in [0.4, 0.5) is 0 Å². The van der Waals surface area contributed by atoms with Gasteiger partial charge in [-0.1, -0.05) is 42.0 Å². The number of carbonyl (C=O) groups excluding carboxylic acids is 1. The van der Waals surface area contributed by atoms with Crippen LogP contribution in [-0.4, -0.2) is 12.5 Å². The third-order valence-electron chi connectivity index (χ3n) is 3.85. The standard InChI is InChI=1S/C20H26N2O2.ClH/c1-15-5-3-6-17(13-15)14-24-19-10-8-18(9-11-19)16(2)22-20(23)7-4-12-21;/h3,5-6,8-11,13,16H,4,7,12,14,21H2,1-2H3,(H,22,23);1H. The normalized spacial score (nSPS) is 11.3. The highest BCUT2D eigenvalue weighted by molar-refractivity contribution is 5.85. The monoisotopic (exact) mass is 362 g/mol. The van der Waals surface area contributed by atoms with Gasteiger partial charge in [-0.15, -0.1) is 12.4 Å². The first-order chi connectivity index (χ1) is 11.6. The lowest BCUT2D eigenvalue weighted by atomic mass is 10.1. The van der Waals surface area contributed by atoms with E-state index in [0.717, 1.165) is 16.9 Å². The zero-order chi connectivity index (χ0) is 17.4. The molecule has 3 N–H and O–H groups in total. The molecule has 0 aliphatic carbocycles. The van der Waals surface area contributed by atoms with Gasteiger partial charge in [0, 0.05) is 6.42 Å². The summed E-state index contributed by atoms with van der Waals surface area (Å²) in [5.41, 5.74) is 8.85. The van der Waals surface area contributed by atoms with Gasteiger partial charge in [0.2, 0.25) is 5.91 Å². The third-order valence-corrected chi connectivity index (χ3v) is 3.85. The van der Waals surface area contributed by atoms with Crippen LogP contribution in [0.25, 0.3) is 0 Å². The zero-order valence-electron chi connectivity index (χ0n) is 14.8. The average Bonchev–Trinajstić information content (AvgIpc) is 2.58. The SMILES string of the molecule is Cc1cccc(COc2ccc(C(C)NC(=O)CCCN)cc2)c1.Cl. The molecule has 0 fully saturated rings. The first-order valence-corrected chi connectivity index (χ1v) is 8.36. The summed E-state index contributed by atoms with van der Waals surface area (Å²) < 4.78 is 5.81. The maximum absolute atomic E-state index is 11.7. The molecule has 2 aromatic carbocycles. The summed E-state index contributed by atoms with van der Waals surface area (Å²) in [4.78, 5) is 11.7. The second-order valence-corrected chi connectivity index (χ2v) is 6.03. The Bertz CT molecular complexity index is 659. The van der Waals surface area contributed by atoms with Crippen LogP contribution >= 0.6 is 12.4 Å². The van der Waals surface area contributed by atoms with Crippen molar-refractivity contribution in [2.24, 2.45) is 5.73 Å². The van der Waals surface area contributed by atoms with Crippen molar-refractivity contribution in [3.8, 4) is 5.75 Å². The van der Waals surface area contributed by atoms with Crippen LogP contribution in [0.2, 0.25) is 0 Å². The van der Waals surface area contributed by atoms with Gasteiger partial charge in [0.15, 0.2) is 0 Å². The van der Waals surface area contributed by atoms with Crippen molar-refractivity contribution in [2.75, 3.05) is 6.54 Å². The molecule has 0 saturated carbocycles. The minimum absolute atomic E-state index is 0. The second-order valence-electron chi connectivity index (χ2n) is 6.03. The summed E-state index contributed by atoms with van der Waals surface area (Å²) in [6.07, 6.45) is 1.18. The number of halogens is 1. The van der Waals surface area contributed by atoms with Gasteiger partial charge < -0.3 is 15.8 Å². The number of benzene rings is 2. The summed E-state index contributed by atoms with van der Waals surface area (Å²) in [6.45, 7) is 5.13. The van der Waals surface area contributed by atoms with Crippen LogP contribution in [0.3, 0.4) is 0 Å². The zero-order valence-corrected chi connectivity index (χ0v) is 15.6. The average molecular weight is 363 g/mol. The Morgan fingerprint density at radius 1 is 1.20 bits per heavy atom. The maximum Gasteiger partial charge on any atom is 0.220 e. The van der Waals surface area contributed by atoms with Gasteiger partial charge >= 0.3 is 0 Å². The summed E-state index contributed by atoms with van der Waals surface area (Å²) >= 11 is 0. The summed E-state index contributed by atoms with van der Waals surface area (Å²) in [6, 6.07) is 16.1. The smallest absolute Gasteiger partial charge is 0.220 e. The lowest BCUT2D eigenvalue weighted by Crippen LogP contribution is -2.26. The molecule has 1 atom stereocenters. The molecule has 0 spiro atoms. The highest BCUT2D eigenvalue weighted by Gasteiger charge is 2.09. The third kappa shape index (κ3) is 7.16. The van der Waals surface area contributed by atoms with Crippen molar-refractivity contribution in [3.05, 3.63) is 65.2 Å². The minimum Gasteiger partial charge on any atom is -0.489 e.